The van der Waals surface area contributed by atoms with E-state index in [0.717, 1.165) is 12.4 Å². The van der Waals surface area contributed by atoms with Crippen molar-refractivity contribution in [1.82, 2.24) is 25.3 Å². The van der Waals surface area contributed by atoms with Crippen LogP contribution >= 0.6 is 0 Å². The van der Waals surface area contributed by atoms with Gasteiger partial charge in [0, 0.05) is 18.0 Å². The largest absolute Gasteiger partial charge is 0.573 e. The van der Waals surface area contributed by atoms with E-state index >= 15 is 0 Å². The molecular weight excluding hydrogens is 560 g/mol. The number of halogens is 10. The van der Waals surface area contributed by atoms with Gasteiger partial charge in [0.05, 0.1) is 29.7 Å². The van der Waals surface area contributed by atoms with E-state index in [9.17, 15) is 48.7 Å². The third-order valence-electron chi connectivity index (χ3n) is 4.56. The SMILES string of the molecule is CC(NC(=O)c1cc(OC(F)(F)C(F)F)cc(C(F)(F)F)c1)c1nccnc1-c1ncc(OC(F)(F)F)cn1. The van der Waals surface area contributed by atoms with Gasteiger partial charge in [-0.3, -0.25) is 9.78 Å². The van der Waals surface area contributed by atoms with Gasteiger partial charge in [-0.15, -0.1) is 13.2 Å². The Morgan fingerprint density at radius 2 is 1.46 bits per heavy atom. The van der Waals surface area contributed by atoms with E-state index in [1.165, 1.54) is 6.92 Å². The Morgan fingerprint density at radius 1 is 0.846 bits per heavy atom. The van der Waals surface area contributed by atoms with E-state index in [0.29, 0.717) is 18.5 Å². The number of amides is 1. The molecule has 0 spiro atoms. The highest BCUT2D eigenvalue weighted by Crippen LogP contribution is 2.35. The number of rotatable bonds is 8. The standard InChI is InChI=1S/C21H13F10N5O3/c1-9(14-15(33-3-2-32-14)16-34-7-13(8-35-16)39-21(29,30)31)36-17(37)10-4-11(19(24,25)26)6-12(5-10)38-20(27,28)18(22)23/h2-9,18H,1H3,(H,36,37). The van der Waals surface area contributed by atoms with Crippen molar-refractivity contribution in [3.8, 4) is 23.0 Å². The smallest absolute Gasteiger partial charge is 0.428 e. The van der Waals surface area contributed by atoms with Crippen molar-refractivity contribution in [2.45, 2.75) is 38.0 Å². The summed E-state index contributed by atoms with van der Waals surface area (Å²) in [6.07, 6.45) is -16.1. The number of hydrogen-bond acceptors (Lipinski definition) is 7. The number of nitrogens with one attached hydrogen (secondary N) is 1. The first-order valence-electron chi connectivity index (χ1n) is 10.2. The van der Waals surface area contributed by atoms with Gasteiger partial charge in [-0.25, -0.2) is 15.0 Å². The Labute approximate surface area is 211 Å². The minimum Gasteiger partial charge on any atom is -0.428 e. The predicted molar refractivity (Wildman–Crippen MR) is 109 cm³/mol. The summed E-state index contributed by atoms with van der Waals surface area (Å²) in [5.41, 5.74) is -2.76. The van der Waals surface area contributed by atoms with Crippen molar-refractivity contribution in [3.05, 3.63) is 59.8 Å². The molecule has 0 saturated heterocycles. The Balaban J connectivity index is 1.89. The highest BCUT2D eigenvalue weighted by atomic mass is 19.4. The maximum atomic E-state index is 13.3. The van der Waals surface area contributed by atoms with Crippen LogP contribution in [0.5, 0.6) is 11.5 Å². The van der Waals surface area contributed by atoms with Gasteiger partial charge >= 0.3 is 25.1 Å². The lowest BCUT2D eigenvalue weighted by Crippen LogP contribution is -2.34. The Bertz CT molecular complexity index is 1320. The minimum absolute atomic E-state index is 0.0147. The van der Waals surface area contributed by atoms with Crippen LogP contribution in [0, 0.1) is 0 Å². The topological polar surface area (TPSA) is 99.1 Å². The summed E-state index contributed by atoms with van der Waals surface area (Å²) in [5.74, 6) is -3.66. The molecule has 2 heterocycles. The van der Waals surface area contributed by atoms with Crippen LogP contribution < -0.4 is 14.8 Å². The Kier molecular flexibility index (Phi) is 8.16. The number of benzene rings is 1. The van der Waals surface area contributed by atoms with Gasteiger partial charge in [0.25, 0.3) is 5.91 Å². The zero-order valence-electron chi connectivity index (χ0n) is 19.0. The maximum Gasteiger partial charge on any atom is 0.573 e. The molecule has 1 unspecified atom stereocenters. The maximum absolute atomic E-state index is 13.3. The number of ether oxygens (including phenoxy) is 2. The molecule has 3 rings (SSSR count). The molecule has 0 aliphatic heterocycles. The molecule has 0 aliphatic carbocycles. The third kappa shape index (κ3) is 7.64. The molecule has 39 heavy (non-hydrogen) atoms. The summed E-state index contributed by atoms with van der Waals surface area (Å²) < 4.78 is 136. The average Bonchev–Trinajstić information content (AvgIpc) is 2.82. The summed E-state index contributed by atoms with van der Waals surface area (Å²) in [6.45, 7) is 1.28. The lowest BCUT2D eigenvalue weighted by molar-refractivity contribution is -0.274. The first-order chi connectivity index (χ1) is 18.0. The van der Waals surface area contributed by atoms with Crippen LogP contribution in [-0.2, 0) is 6.18 Å². The fraction of sp³-hybridized carbons (Fsp3) is 0.286. The van der Waals surface area contributed by atoms with Crippen LogP contribution in [0.3, 0.4) is 0 Å². The van der Waals surface area contributed by atoms with Crippen molar-refractivity contribution in [3.63, 3.8) is 0 Å². The van der Waals surface area contributed by atoms with Crippen molar-refractivity contribution in [2.75, 3.05) is 0 Å². The fourth-order valence-corrected chi connectivity index (χ4v) is 2.97. The van der Waals surface area contributed by atoms with Gasteiger partial charge in [-0.05, 0) is 25.1 Å². The number of carbonyl (C=O) groups is 1. The molecule has 210 valence electrons. The molecule has 1 aromatic carbocycles. The number of aromatic nitrogens is 4. The van der Waals surface area contributed by atoms with E-state index in [1.807, 2.05) is 0 Å². The predicted octanol–water partition coefficient (Wildman–Crippen LogP) is 5.58. The summed E-state index contributed by atoms with van der Waals surface area (Å²) in [6, 6.07) is -0.499. The van der Waals surface area contributed by atoms with Gasteiger partial charge < -0.3 is 14.8 Å². The summed E-state index contributed by atoms with van der Waals surface area (Å²) in [7, 11) is 0. The molecule has 1 amide bonds. The van der Waals surface area contributed by atoms with Gasteiger partial charge in [-0.2, -0.15) is 30.7 Å². The monoisotopic (exact) mass is 573 g/mol. The lowest BCUT2D eigenvalue weighted by atomic mass is 10.1. The molecule has 8 nitrogen and oxygen atoms in total. The molecule has 0 bridgehead atoms. The normalized spacial score (nSPS) is 13.2. The lowest BCUT2D eigenvalue weighted by Gasteiger charge is -2.20. The minimum atomic E-state index is -5.17. The van der Waals surface area contributed by atoms with Crippen LogP contribution in [0.4, 0.5) is 43.9 Å². The van der Waals surface area contributed by atoms with Gasteiger partial charge in [-0.1, -0.05) is 0 Å². The fourth-order valence-electron chi connectivity index (χ4n) is 2.97. The van der Waals surface area contributed by atoms with Crippen LogP contribution in [-0.4, -0.2) is 44.7 Å². The molecule has 2 aromatic heterocycles. The molecule has 3 aromatic rings. The van der Waals surface area contributed by atoms with Gasteiger partial charge in [0.1, 0.15) is 11.4 Å². The molecule has 18 heteroatoms. The molecular formula is C21H13F10N5O3. The van der Waals surface area contributed by atoms with E-state index in [2.05, 4.69) is 34.7 Å². The third-order valence-corrected chi connectivity index (χ3v) is 4.56. The summed E-state index contributed by atoms with van der Waals surface area (Å²) in [4.78, 5) is 28.0. The second-order valence-corrected chi connectivity index (χ2v) is 7.48. The number of nitrogens with zero attached hydrogens (tertiary/aromatic N) is 4. The summed E-state index contributed by atoms with van der Waals surface area (Å²) in [5, 5.41) is 2.23. The second-order valence-electron chi connectivity index (χ2n) is 7.48. The van der Waals surface area contributed by atoms with E-state index in [4.69, 9.17) is 0 Å². The Hall–Kier alpha value is -4.25. The first kappa shape index (κ1) is 29.3. The van der Waals surface area contributed by atoms with Crippen molar-refractivity contribution in [2.24, 2.45) is 0 Å². The van der Waals surface area contributed by atoms with E-state index in [-0.39, 0.29) is 29.3 Å². The second kappa shape index (κ2) is 10.9. The van der Waals surface area contributed by atoms with E-state index < -0.39 is 59.6 Å². The van der Waals surface area contributed by atoms with Crippen LogP contribution in [0.2, 0.25) is 0 Å². The van der Waals surface area contributed by atoms with Gasteiger partial charge in [0.15, 0.2) is 11.6 Å². The number of hydrogen-bond donors (Lipinski definition) is 1. The van der Waals surface area contributed by atoms with Crippen molar-refractivity contribution >= 4 is 5.91 Å². The highest BCUT2D eigenvalue weighted by Gasteiger charge is 2.44. The zero-order valence-corrected chi connectivity index (χ0v) is 19.0. The first-order valence-corrected chi connectivity index (χ1v) is 10.2. The molecule has 1 atom stereocenters. The molecule has 0 aliphatic rings. The number of carbonyl (C=O) groups excluding carboxylic acids is 1. The molecule has 0 fully saturated rings. The zero-order chi connectivity index (χ0) is 29.2. The number of alkyl halides is 10. The van der Waals surface area contributed by atoms with Crippen molar-refractivity contribution in [1.29, 1.82) is 0 Å². The summed E-state index contributed by atoms with van der Waals surface area (Å²) >= 11 is 0. The molecule has 0 radical (unpaired) electrons. The highest BCUT2D eigenvalue weighted by molar-refractivity contribution is 5.95. The quantitative estimate of drug-likeness (QED) is 0.352. The molecule has 0 saturated carbocycles. The van der Waals surface area contributed by atoms with Gasteiger partial charge in [0.2, 0.25) is 0 Å². The Morgan fingerprint density at radius 3 is 2.03 bits per heavy atom. The van der Waals surface area contributed by atoms with Crippen molar-refractivity contribution < 1.29 is 58.2 Å². The average molecular weight is 573 g/mol. The van der Waals surface area contributed by atoms with Crippen LogP contribution in [0.25, 0.3) is 11.5 Å². The van der Waals surface area contributed by atoms with E-state index in [1.54, 1.807) is 0 Å². The van der Waals surface area contributed by atoms with Crippen LogP contribution in [0.15, 0.2) is 43.0 Å². The van der Waals surface area contributed by atoms with Crippen LogP contribution in [0.1, 0.15) is 34.6 Å². The molecule has 1 N–H and O–H groups in total.